The number of methoxy groups -OCH3 is 1. The molecule has 17 heavy (non-hydrogen) atoms. The number of carbonyl (C=O) groups excluding carboxylic acids is 1. The lowest BCUT2D eigenvalue weighted by Crippen LogP contribution is -2.12. The zero-order valence-corrected chi connectivity index (χ0v) is 10.8. The molecule has 0 saturated carbocycles. The van der Waals surface area contributed by atoms with E-state index in [0.29, 0.717) is 0 Å². The van der Waals surface area contributed by atoms with Gasteiger partial charge in [0.05, 0.1) is 25.5 Å². The molecule has 0 aromatic carbocycles. The summed E-state index contributed by atoms with van der Waals surface area (Å²) < 4.78 is 35.2. The van der Waals surface area contributed by atoms with E-state index in [9.17, 15) is 13.6 Å². The van der Waals surface area contributed by atoms with Crippen LogP contribution in [0, 0.1) is 0 Å². The highest BCUT2D eigenvalue weighted by Gasteiger charge is 2.27. The maximum Gasteiger partial charge on any atom is 0.342 e. The molecule has 4 nitrogen and oxygen atoms in total. The van der Waals surface area contributed by atoms with Crippen molar-refractivity contribution in [1.29, 1.82) is 0 Å². The zero-order chi connectivity index (χ0) is 13.0. The van der Waals surface area contributed by atoms with Crippen LogP contribution in [0.2, 0.25) is 0 Å². The van der Waals surface area contributed by atoms with Gasteiger partial charge in [0, 0.05) is 0 Å². The minimum absolute atomic E-state index is 0.0399. The van der Waals surface area contributed by atoms with Gasteiger partial charge in [0.2, 0.25) is 0 Å². The van der Waals surface area contributed by atoms with Crippen LogP contribution >= 0.6 is 15.9 Å². The molecule has 1 rings (SSSR count). The number of aromatic nitrogens is 1. The number of hydrogen-bond donors (Lipinski definition) is 0. The molecule has 1 aromatic rings. The van der Waals surface area contributed by atoms with Crippen molar-refractivity contribution in [3.05, 3.63) is 21.9 Å². The molecule has 7 heteroatoms. The Labute approximate surface area is 105 Å². The van der Waals surface area contributed by atoms with Gasteiger partial charge in [0.25, 0.3) is 6.43 Å². The molecule has 0 amide bonds. The Balaban J connectivity index is 3.40. The van der Waals surface area contributed by atoms with Gasteiger partial charge in [-0.2, -0.15) is 0 Å². The van der Waals surface area contributed by atoms with Crippen LogP contribution in [0.15, 0.2) is 10.8 Å². The highest BCUT2D eigenvalue weighted by atomic mass is 79.9. The van der Waals surface area contributed by atoms with Gasteiger partial charge < -0.3 is 9.47 Å². The standard InChI is InChI=1S/C10H10BrF2NO3/c1-3-17-10(15)6-5(16-2)4-14-8(11)7(6)9(12)13/h4,9H,3H2,1-2H3. The van der Waals surface area contributed by atoms with Crippen LogP contribution in [0.5, 0.6) is 5.75 Å². The van der Waals surface area contributed by atoms with Gasteiger partial charge in [-0.05, 0) is 22.9 Å². The molecule has 0 unspecified atom stereocenters. The summed E-state index contributed by atoms with van der Waals surface area (Å²) >= 11 is 2.88. The van der Waals surface area contributed by atoms with Crippen LogP contribution in [0.25, 0.3) is 0 Å². The van der Waals surface area contributed by atoms with Crippen LogP contribution in [0.4, 0.5) is 8.78 Å². The number of hydrogen-bond acceptors (Lipinski definition) is 4. The van der Waals surface area contributed by atoms with Crippen molar-refractivity contribution in [2.75, 3.05) is 13.7 Å². The van der Waals surface area contributed by atoms with E-state index in [1.165, 1.54) is 13.3 Å². The minimum atomic E-state index is -2.86. The van der Waals surface area contributed by atoms with Crippen molar-refractivity contribution in [1.82, 2.24) is 4.98 Å². The van der Waals surface area contributed by atoms with Crippen LogP contribution < -0.4 is 4.74 Å². The molecule has 0 N–H and O–H groups in total. The highest BCUT2D eigenvalue weighted by molar-refractivity contribution is 9.10. The monoisotopic (exact) mass is 309 g/mol. The zero-order valence-electron chi connectivity index (χ0n) is 9.17. The molecule has 1 heterocycles. The Bertz CT molecular complexity index is 426. The fourth-order valence-electron chi connectivity index (χ4n) is 1.25. The Morgan fingerprint density at radius 1 is 1.59 bits per heavy atom. The summed E-state index contributed by atoms with van der Waals surface area (Å²) in [6.45, 7) is 1.67. The number of pyridine rings is 1. The third kappa shape index (κ3) is 2.91. The molecule has 0 aliphatic rings. The lowest BCUT2D eigenvalue weighted by Gasteiger charge is -2.13. The molecule has 0 fully saturated rings. The van der Waals surface area contributed by atoms with Crippen LogP contribution in [0.1, 0.15) is 29.3 Å². The first-order chi connectivity index (χ1) is 8.02. The summed E-state index contributed by atoms with van der Waals surface area (Å²) in [7, 11) is 1.27. The first-order valence-corrected chi connectivity index (χ1v) is 5.49. The van der Waals surface area contributed by atoms with Gasteiger partial charge in [-0.25, -0.2) is 18.6 Å². The van der Waals surface area contributed by atoms with E-state index in [1.807, 2.05) is 0 Å². The third-order valence-corrected chi connectivity index (χ3v) is 2.58. The highest BCUT2D eigenvalue weighted by Crippen LogP contribution is 2.34. The summed E-state index contributed by atoms with van der Waals surface area (Å²) in [4.78, 5) is 15.3. The predicted octanol–water partition coefficient (Wildman–Crippen LogP) is 2.97. The van der Waals surface area contributed by atoms with Gasteiger partial charge >= 0.3 is 5.97 Å². The van der Waals surface area contributed by atoms with Crippen LogP contribution in [-0.2, 0) is 4.74 Å². The molecular weight excluding hydrogens is 300 g/mol. The fraction of sp³-hybridized carbons (Fsp3) is 0.400. The molecule has 1 aromatic heterocycles. The van der Waals surface area contributed by atoms with E-state index < -0.39 is 18.0 Å². The normalized spacial score (nSPS) is 10.5. The topological polar surface area (TPSA) is 48.4 Å². The van der Waals surface area contributed by atoms with Gasteiger partial charge in [0.1, 0.15) is 10.2 Å². The molecule has 0 spiro atoms. The quantitative estimate of drug-likeness (QED) is 0.634. The molecule has 0 aliphatic carbocycles. The second-order valence-electron chi connectivity index (χ2n) is 2.93. The van der Waals surface area contributed by atoms with Crippen molar-refractivity contribution in [3.8, 4) is 5.75 Å². The van der Waals surface area contributed by atoms with Crippen molar-refractivity contribution in [2.45, 2.75) is 13.3 Å². The molecule has 0 saturated heterocycles. The summed E-state index contributed by atoms with van der Waals surface area (Å²) in [6.07, 6.45) is -1.67. The Morgan fingerprint density at radius 3 is 2.71 bits per heavy atom. The largest absolute Gasteiger partial charge is 0.494 e. The third-order valence-electron chi connectivity index (χ3n) is 1.95. The average Bonchev–Trinajstić information content (AvgIpc) is 2.28. The van der Waals surface area contributed by atoms with E-state index in [1.54, 1.807) is 6.92 Å². The van der Waals surface area contributed by atoms with E-state index in [-0.39, 0.29) is 22.5 Å². The Kier molecular flexibility index (Phi) is 4.80. The molecule has 0 aliphatic heterocycles. The van der Waals surface area contributed by atoms with Gasteiger partial charge in [-0.1, -0.05) is 0 Å². The number of alkyl halides is 2. The number of esters is 1. The fourth-order valence-corrected chi connectivity index (χ4v) is 1.73. The number of halogens is 3. The Hall–Kier alpha value is -1.24. The van der Waals surface area contributed by atoms with Crippen molar-refractivity contribution >= 4 is 21.9 Å². The van der Waals surface area contributed by atoms with Gasteiger partial charge in [-0.3, -0.25) is 0 Å². The number of ether oxygens (including phenoxy) is 2. The SMILES string of the molecule is CCOC(=O)c1c(OC)cnc(Br)c1C(F)F. The molecule has 0 radical (unpaired) electrons. The molecular formula is C10H10BrF2NO3. The smallest absolute Gasteiger partial charge is 0.342 e. The first kappa shape index (κ1) is 13.8. The number of carbonyl (C=O) groups is 1. The molecule has 0 atom stereocenters. The van der Waals surface area contributed by atoms with Crippen molar-refractivity contribution < 1.29 is 23.0 Å². The number of rotatable bonds is 4. The first-order valence-electron chi connectivity index (χ1n) is 4.70. The van der Waals surface area contributed by atoms with Crippen molar-refractivity contribution in [3.63, 3.8) is 0 Å². The predicted molar refractivity (Wildman–Crippen MR) is 59.4 cm³/mol. The van der Waals surface area contributed by atoms with Gasteiger partial charge in [-0.15, -0.1) is 0 Å². The summed E-state index contributed by atoms with van der Waals surface area (Å²) in [6, 6.07) is 0. The van der Waals surface area contributed by atoms with E-state index in [4.69, 9.17) is 9.47 Å². The summed E-state index contributed by atoms with van der Waals surface area (Å²) in [5.74, 6) is -0.898. The van der Waals surface area contributed by atoms with E-state index >= 15 is 0 Å². The molecule has 94 valence electrons. The Morgan fingerprint density at radius 2 is 2.24 bits per heavy atom. The van der Waals surface area contributed by atoms with Crippen molar-refractivity contribution in [2.24, 2.45) is 0 Å². The number of nitrogens with zero attached hydrogens (tertiary/aromatic N) is 1. The van der Waals surface area contributed by atoms with Crippen LogP contribution in [-0.4, -0.2) is 24.7 Å². The minimum Gasteiger partial charge on any atom is -0.494 e. The maximum atomic E-state index is 12.9. The lowest BCUT2D eigenvalue weighted by atomic mass is 10.1. The second-order valence-corrected chi connectivity index (χ2v) is 3.68. The van der Waals surface area contributed by atoms with E-state index in [0.717, 1.165) is 0 Å². The van der Waals surface area contributed by atoms with E-state index in [2.05, 4.69) is 20.9 Å². The maximum absolute atomic E-state index is 12.9. The summed E-state index contributed by atoms with van der Waals surface area (Å²) in [5.41, 5.74) is -0.825. The summed E-state index contributed by atoms with van der Waals surface area (Å²) in [5, 5.41) is 0. The lowest BCUT2D eigenvalue weighted by molar-refractivity contribution is 0.0510. The average molecular weight is 310 g/mol. The molecule has 0 bridgehead atoms. The van der Waals surface area contributed by atoms with Crippen LogP contribution in [0.3, 0.4) is 0 Å². The van der Waals surface area contributed by atoms with Gasteiger partial charge in [0.15, 0.2) is 5.75 Å². The second kappa shape index (κ2) is 5.90.